The number of carbonyl (C=O) groups excluding carboxylic acids is 1. The van der Waals surface area contributed by atoms with Crippen molar-refractivity contribution >= 4 is 11.7 Å². The Morgan fingerprint density at radius 3 is 2.79 bits per heavy atom. The summed E-state index contributed by atoms with van der Waals surface area (Å²) in [6.07, 6.45) is 1.74. The minimum atomic E-state index is -0.0186. The van der Waals surface area contributed by atoms with Gasteiger partial charge < -0.3 is 10.6 Å². The molecule has 2 aromatic rings. The average Bonchev–Trinajstić information content (AvgIpc) is 3.12. The molecule has 5 nitrogen and oxygen atoms in total. The van der Waals surface area contributed by atoms with E-state index in [2.05, 4.69) is 41.7 Å². The van der Waals surface area contributed by atoms with Crippen LogP contribution in [0.5, 0.6) is 0 Å². The second-order valence-corrected chi connectivity index (χ2v) is 6.75. The third kappa shape index (κ3) is 3.30. The normalized spacial score (nSPS) is 16.1. The zero-order chi connectivity index (χ0) is 17.1. The molecule has 1 amide bonds. The van der Waals surface area contributed by atoms with Crippen molar-refractivity contribution in [3.05, 3.63) is 47.2 Å². The molecule has 2 N–H and O–H groups in total. The molecule has 0 spiro atoms. The largest absolute Gasteiger partial charge is 0.361 e. The highest BCUT2D eigenvalue weighted by atomic mass is 16.1. The molecule has 2 heterocycles. The fraction of sp³-hybridized carbons (Fsp3) is 0.474. The average molecular weight is 326 g/mol. The van der Waals surface area contributed by atoms with E-state index in [0.29, 0.717) is 18.0 Å². The summed E-state index contributed by atoms with van der Waals surface area (Å²) in [5.74, 6) is 1.41. The topological polar surface area (TPSA) is 59.0 Å². The number of hydrogen-bond donors (Lipinski definition) is 2. The standard InChI is InChI=1S/C19H26N4O/c1-4-15-17(19(24)20-11-10-13(2)3)18-21-16(12-23(18)22-15)14-8-6-5-7-9-14/h5-9,13,16,21H,4,10-12H2,1-3H3,(H,20,24). The zero-order valence-corrected chi connectivity index (χ0v) is 14.7. The summed E-state index contributed by atoms with van der Waals surface area (Å²) in [5, 5.41) is 11.2. The Morgan fingerprint density at radius 1 is 1.38 bits per heavy atom. The van der Waals surface area contributed by atoms with E-state index in [1.807, 2.05) is 29.8 Å². The summed E-state index contributed by atoms with van der Waals surface area (Å²) in [6, 6.07) is 10.5. The number of anilines is 1. The highest BCUT2D eigenvalue weighted by molar-refractivity contribution is 6.00. The lowest BCUT2D eigenvalue weighted by Crippen LogP contribution is -2.26. The van der Waals surface area contributed by atoms with E-state index in [1.165, 1.54) is 5.56 Å². The number of rotatable bonds is 6. The number of nitrogens with zero attached hydrogens (tertiary/aromatic N) is 2. The molecule has 0 fully saturated rings. The highest BCUT2D eigenvalue weighted by Crippen LogP contribution is 2.33. The third-order valence-corrected chi connectivity index (χ3v) is 4.46. The molecule has 1 aliphatic rings. The SMILES string of the molecule is CCc1nn2c(c1C(=O)NCCC(C)C)NC(c1ccccc1)C2. The Morgan fingerprint density at radius 2 is 2.12 bits per heavy atom. The van der Waals surface area contributed by atoms with Crippen LogP contribution in [0.15, 0.2) is 30.3 Å². The molecule has 0 radical (unpaired) electrons. The van der Waals surface area contributed by atoms with Gasteiger partial charge in [-0.3, -0.25) is 4.79 Å². The summed E-state index contributed by atoms with van der Waals surface area (Å²) < 4.78 is 1.94. The first-order chi connectivity index (χ1) is 11.6. The van der Waals surface area contributed by atoms with Crippen LogP contribution in [0.1, 0.15) is 54.8 Å². The van der Waals surface area contributed by atoms with Crippen molar-refractivity contribution in [2.45, 2.75) is 46.2 Å². The number of amides is 1. The Hall–Kier alpha value is -2.30. The van der Waals surface area contributed by atoms with E-state index in [1.54, 1.807) is 0 Å². The van der Waals surface area contributed by atoms with Crippen LogP contribution in [0.3, 0.4) is 0 Å². The van der Waals surface area contributed by atoms with Crippen LogP contribution in [0, 0.1) is 5.92 Å². The van der Waals surface area contributed by atoms with Gasteiger partial charge in [-0.05, 0) is 24.3 Å². The van der Waals surface area contributed by atoms with Crippen molar-refractivity contribution in [1.82, 2.24) is 15.1 Å². The summed E-state index contributed by atoms with van der Waals surface area (Å²) in [7, 11) is 0. The molecule has 128 valence electrons. The van der Waals surface area contributed by atoms with Crippen LogP contribution in [0.4, 0.5) is 5.82 Å². The maximum absolute atomic E-state index is 12.7. The Balaban J connectivity index is 1.78. The molecular formula is C19H26N4O. The predicted molar refractivity (Wildman–Crippen MR) is 96.2 cm³/mol. The highest BCUT2D eigenvalue weighted by Gasteiger charge is 2.30. The number of nitrogens with one attached hydrogen (secondary N) is 2. The van der Waals surface area contributed by atoms with E-state index < -0.39 is 0 Å². The van der Waals surface area contributed by atoms with Crippen LogP contribution >= 0.6 is 0 Å². The van der Waals surface area contributed by atoms with Crippen LogP contribution in [-0.2, 0) is 13.0 Å². The molecular weight excluding hydrogens is 300 g/mol. The van der Waals surface area contributed by atoms with E-state index >= 15 is 0 Å². The van der Waals surface area contributed by atoms with E-state index in [0.717, 1.165) is 30.9 Å². The van der Waals surface area contributed by atoms with Gasteiger partial charge in [-0.1, -0.05) is 51.1 Å². The number of hydrogen-bond acceptors (Lipinski definition) is 3. The van der Waals surface area contributed by atoms with Crippen molar-refractivity contribution in [1.29, 1.82) is 0 Å². The lowest BCUT2D eigenvalue weighted by atomic mass is 10.1. The van der Waals surface area contributed by atoms with Gasteiger partial charge in [-0.2, -0.15) is 5.10 Å². The van der Waals surface area contributed by atoms with Gasteiger partial charge in [0.15, 0.2) is 0 Å². The minimum Gasteiger partial charge on any atom is -0.361 e. The summed E-state index contributed by atoms with van der Waals surface area (Å²) in [5.41, 5.74) is 2.79. The van der Waals surface area contributed by atoms with E-state index in [9.17, 15) is 4.79 Å². The van der Waals surface area contributed by atoms with Gasteiger partial charge in [0.2, 0.25) is 0 Å². The van der Waals surface area contributed by atoms with Crippen molar-refractivity contribution < 1.29 is 4.79 Å². The Labute approximate surface area is 143 Å². The van der Waals surface area contributed by atoms with Crippen molar-refractivity contribution in [2.24, 2.45) is 5.92 Å². The number of carbonyl (C=O) groups is 1. The fourth-order valence-corrected chi connectivity index (χ4v) is 3.10. The first-order valence-corrected chi connectivity index (χ1v) is 8.79. The molecule has 1 aromatic heterocycles. The Kier molecular flexibility index (Phi) is 4.88. The predicted octanol–water partition coefficient (Wildman–Crippen LogP) is 3.39. The zero-order valence-electron chi connectivity index (χ0n) is 14.7. The molecule has 1 aromatic carbocycles. The van der Waals surface area contributed by atoms with E-state index in [4.69, 9.17) is 0 Å². The summed E-state index contributed by atoms with van der Waals surface area (Å²) in [6.45, 7) is 7.82. The van der Waals surface area contributed by atoms with Gasteiger partial charge in [0, 0.05) is 6.54 Å². The first-order valence-electron chi connectivity index (χ1n) is 8.79. The molecule has 1 unspecified atom stereocenters. The smallest absolute Gasteiger partial charge is 0.256 e. The molecule has 0 aliphatic carbocycles. The maximum Gasteiger partial charge on any atom is 0.256 e. The van der Waals surface area contributed by atoms with Gasteiger partial charge in [0.05, 0.1) is 18.3 Å². The quantitative estimate of drug-likeness (QED) is 0.855. The number of benzene rings is 1. The summed E-state index contributed by atoms with van der Waals surface area (Å²) >= 11 is 0. The van der Waals surface area contributed by atoms with Crippen molar-refractivity contribution in [3.63, 3.8) is 0 Å². The summed E-state index contributed by atoms with van der Waals surface area (Å²) in [4.78, 5) is 12.7. The maximum atomic E-state index is 12.7. The Bertz CT molecular complexity index is 706. The second kappa shape index (κ2) is 7.07. The number of aryl methyl sites for hydroxylation is 1. The van der Waals surface area contributed by atoms with Gasteiger partial charge in [0.25, 0.3) is 5.91 Å². The van der Waals surface area contributed by atoms with Crippen LogP contribution in [0.2, 0.25) is 0 Å². The van der Waals surface area contributed by atoms with Crippen LogP contribution < -0.4 is 10.6 Å². The van der Waals surface area contributed by atoms with Gasteiger partial charge in [-0.15, -0.1) is 0 Å². The van der Waals surface area contributed by atoms with Gasteiger partial charge in [0.1, 0.15) is 11.4 Å². The fourth-order valence-electron chi connectivity index (χ4n) is 3.10. The molecule has 24 heavy (non-hydrogen) atoms. The van der Waals surface area contributed by atoms with E-state index in [-0.39, 0.29) is 11.9 Å². The van der Waals surface area contributed by atoms with Gasteiger partial charge >= 0.3 is 0 Å². The minimum absolute atomic E-state index is 0.0186. The first kappa shape index (κ1) is 16.6. The molecule has 3 rings (SSSR count). The lowest BCUT2D eigenvalue weighted by Gasteiger charge is -2.12. The van der Waals surface area contributed by atoms with Crippen LogP contribution in [0.25, 0.3) is 0 Å². The molecule has 0 bridgehead atoms. The van der Waals surface area contributed by atoms with Crippen molar-refractivity contribution in [2.75, 3.05) is 11.9 Å². The number of fused-ring (bicyclic) bond motifs is 1. The molecule has 0 saturated heterocycles. The molecule has 1 aliphatic heterocycles. The monoisotopic (exact) mass is 326 g/mol. The second-order valence-electron chi connectivity index (χ2n) is 6.75. The number of aromatic nitrogens is 2. The lowest BCUT2D eigenvalue weighted by molar-refractivity contribution is 0.0952. The van der Waals surface area contributed by atoms with Gasteiger partial charge in [-0.25, -0.2) is 4.68 Å². The van der Waals surface area contributed by atoms with Crippen molar-refractivity contribution in [3.8, 4) is 0 Å². The molecule has 0 saturated carbocycles. The molecule has 1 atom stereocenters. The third-order valence-electron chi connectivity index (χ3n) is 4.46. The molecule has 5 heteroatoms. The van der Waals surface area contributed by atoms with Crippen LogP contribution in [-0.4, -0.2) is 22.2 Å².